The fraction of sp³-hybridized carbons (Fsp3) is 0.561. The van der Waals surface area contributed by atoms with Gasteiger partial charge in [-0.25, -0.2) is 18.6 Å². The molecular formula is C41H48F2N6O6. The number of benzene rings is 2. The molecule has 4 aromatic rings. The molecule has 0 radical (unpaired) electrons. The molecule has 2 aromatic heterocycles. The first-order valence-electron chi connectivity index (χ1n) is 19.5. The van der Waals surface area contributed by atoms with Gasteiger partial charge in [-0.3, -0.25) is 9.80 Å². The second-order valence-corrected chi connectivity index (χ2v) is 16.6. The minimum Gasteiger partial charge on any atom is -0.475 e. The highest BCUT2D eigenvalue weighted by atomic mass is 19.1. The van der Waals surface area contributed by atoms with Crippen molar-refractivity contribution in [2.75, 3.05) is 51.7 Å². The van der Waals surface area contributed by atoms with Crippen LogP contribution in [0, 0.1) is 5.82 Å². The number of amides is 1. The second kappa shape index (κ2) is 13.6. The molecule has 5 aliphatic heterocycles. The van der Waals surface area contributed by atoms with Gasteiger partial charge in [0, 0.05) is 32.2 Å². The zero-order chi connectivity index (χ0) is 38.2. The number of aromatic nitrogens is 3. The molecule has 14 heteroatoms. The van der Waals surface area contributed by atoms with E-state index in [1.807, 2.05) is 49.9 Å². The Hall–Kier alpha value is -4.56. The van der Waals surface area contributed by atoms with Gasteiger partial charge < -0.3 is 28.6 Å². The van der Waals surface area contributed by atoms with Crippen LogP contribution in [0.25, 0.3) is 32.9 Å². The third-order valence-electron chi connectivity index (χ3n) is 12.0. The predicted molar refractivity (Wildman–Crippen MR) is 202 cm³/mol. The Morgan fingerprint density at radius 1 is 1.07 bits per heavy atom. The lowest BCUT2D eigenvalue weighted by molar-refractivity contribution is 0.00537. The third kappa shape index (κ3) is 6.16. The Balaban J connectivity index is 1.20. The molecule has 2 aromatic carbocycles. The lowest BCUT2D eigenvalue weighted by Gasteiger charge is -2.46. The molecule has 7 heterocycles. The monoisotopic (exact) mass is 758 g/mol. The third-order valence-corrected chi connectivity index (χ3v) is 12.0. The number of nitrogens with zero attached hydrogens (tertiary/aromatic N) is 6. The molecule has 292 valence electrons. The molecule has 0 aliphatic carbocycles. The summed E-state index contributed by atoms with van der Waals surface area (Å²) in [6, 6.07) is 8.94. The summed E-state index contributed by atoms with van der Waals surface area (Å²) in [5.41, 5.74) is 0.506. The molecule has 0 N–H and O–H groups in total. The molecule has 0 spiro atoms. The Labute approximate surface area is 319 Å². The van der Waals surface area contributed by atoms with E-state index in [9.17, 15) is 9.18 Å². The summed E-state index contributed by atoms with van der Waals surface area (Å²) < 4.78 is 62.3. The molecule has 2 bridgehead atoms. The van der Waals surface area contributed by atoms with Gasteiger partial charge in [0.1, 0.15) is 53.2 Å². The molecule has 5 aliphatic rings. The molecule has 55 heavy (non-hydrogen) atoms. The molecule has 1 amide bonds. The molecule has 0 saturated carbocycles. The summed E-state index contributed by atoms with van der Waals surface area (Å²) in [5, 5.41) is 2.05. The number of aryl methyl sites for hydroxylation is 1. The van der Waals surface area contributed by atoms with E-state index < -0.39 is 23.1 Å². The van der Waals surface area contributed by atoms with Crippen LogP contribution in [0.4, 0.5) is 19.4 Å². The van der Waals surface area contributed by atoms with E-state index in [1.165, 1.54) is 0 Å². The van der Waals surface area contributed by atoms with Crippen molar-refractivity contribution >= 4 is 33.6 Å². The summed E-state index contributed by atoms with van der Waals surface area (Å²) in [7, 11) is 1.54. The van der Waals surface area contributed by atoms with Crippen molar-refractivity contribution in [1.82, 2.24) is 24.8 Å². The van der Waals surface area contributed by atoms with Gasteiger partial charge in [-0.05, 0) is 87.9 Å². The van der Waals surface area contributed by atoms with E-state index in [0.717, 1.165) is 48.6 Å². The number of fused-ring (bicyclic) bond motifs is 7. The lowest BCUT2D eigenvalue weighted by Crippen LogP contribution is -2.63. The largest absolute Gasteiger partial charge is 0.475 e. The van der Waals surface area contributed by atoms with Crippen LogP contribution < -0.4 is 19.1 Å². The fourth-order valence-electron chi connectivity index (χ4n) is 9.72. The molecule has 9 rings (SSSR count). The number of carbonyl (C=O) groups excluding carboxylic acids is 1. The van der Waals surface area contributed by atoms with Gasteiger partial charge in [-0.1, -0.05) is 25.1 Å². The van der Waals surface area contributed by atoms with Crippen molar-refractivity contribution in [2.24, 2.45) is 0 Å². The SMILES string of the molecule is CCc1cccc2cc(OCOC)cc(-c3nc4c5c(nc(OC[C@@]67CCCN6C[C@H](F)C7)nc5c3F)N3C[C@H]5CC[C@@H]([C@H]3CO4)N5C(=O)OC(C)(C)C)c12. The van der Waals surface area contributed by atoms with Gasteiger partial charge >= 0.3 is 12.1 Å². The number of methoxy groups -OCH3 is 1. The van der Waals surface area contributed by atoms with Gasteiger partial charge in [0.25, 0.3) is 0 Å². The van der Waals surface area contributed by atoms with Crippen molar-refractivity contribution in [3.8, 4) is 28.9 Å². The number of hydrogen-bond acceptors (Lipinski definition) is 11. The molecule has 0 unspecified atom stereocenters. The highest BCUT2D eigenvalue weighted by Gasteiger charge is 2.52. The molecule has 5 atom stereocenters. The fourth-order valence-corrected chi connectivity index (χ4v) is 9.72. The number of halogens is 2. The Kier molecular flexibility index (Phi) is 8.91. The van der Waals surface area contributed by atoms with Gasteiger partial charge in [0.05, 0.1) is 23.7 Å². The number of hydrogen-bond donors (Lipinski definition) is 0. The zero-order valence-electron chi connectivity index (χ0n) is 32.1. The smallest absolute Gasteiger partial charge is 0.410 e. The number of ether oxygens (including phenoxy) is 5. The molecule has 4 fully saturated rings. The minimum absolute atomic E-state index is 0.00638. The molecule has 12 nitrogen and oxygen atoms in total. The average molecular weight is 759 g/mol. The normalized spacial score (nSPS) is 25.9. The number of anilines is 1. The number of alkyl halides is 1. The number of rotatable bonds is 8. The van der Waals surface area contributed by atoms with E-state index >= 15 is 4.39 Å². The number of piperazine rings is 1. The maximum atomic E-state index is 17.6. The van der Waals surface area contributed by atoms with Gasteiger partial charge in [-0.2, -0.15) is 9.97 Å². The summed E-state index contributed by atoms with van der Waals surface area (Å²) >= 11 is 0. The summed E-state index contributed by atoms with van der Waals surface area (Å²) in [6.45, 7) is 9.64. The van der Waals surface area contributed by atoms with Crippen LogP contribution in [0.2, 0.25) is 0 Å². The van der Waals surface area contributed by atoms with Crippen LogP contribution in [0.15, 0.2) is 30.3 Å². The van der Waals surface area contributed by atoms with Crippen molar-refractivity contribution in [3.63, 3.8) is 0 Å². The summed E-state index contributed by atoms with van der Waals surface area (Å²) in [4.78, 5) is 34.4. The van der Waals surface area contributed by atoms with Crippen molar-refractivity contribution in [3.05, 3.63) is 41.7 Å². The van der Waals surface area contributed by atoms with Crippen molar-refractivity contribution in [2.45, 2.75) is 102 Å². The molecular weight excluding hydrogens is 710 g/mol. The Bertz CT molecular complexity index is 2170. The number of carbonyl (C=O) groups is 1. The predicted octanol–water partition coefficient (Wildman–Crippen LogP) is 6.83. The minimum atomic E-state index is -0.930. The maximum Gasteiger partial charge on any atom is 0.410 e. The summed E-state index contributed by atoms with van der Waals surface area (Å²) in [5.74, 6) is 0.495. The topological polar surface area (TPSA) is 112 Å². The van der Waals surface area contributed by atoms with Gasteiger partial charge in [0.15, 0.2) is 12.6 Å². The standard InChI is InChI=1S/C41H48F2N6O6/c1-6-23-9-7-10-24-15-27(54-22-51-5)16-28(31(23)24)34-33(43)35-32-36(46-38(45-35)53-21-41-13-8-14-47(41)18-25(42)17-41)48-19-26-11-12-29(30(48)20-52-37(32)44-34)49(26)39(50)55-40(2,3)4/h7,9-10,15-16,25-26,29-30H,6,8,11-14,17-22H2,1-5H3/t25-,26-,29+,30-,41+/m1/s1. The molecule has 4 saturated heterocycles. The lowest BCUT2D eigenvalue weighted by atomic mass is 9.94. The van der Waals surface area contributed by atoms with Crippen molar-refractivity contribution in [1.29, 1.82) is 0 Å². The first kappa shape index (κ1) is 36.1. The van der Waals surface area contributed by atoms with E-state index in [1.54, 1.807) is 13.2 Å². The average Bonchev–Trinajstić information content (AvgIpc) is 3.76. The number of pyridine rings is 1. The highest BCUT2D eigenvalue weighted by Crippen LogP contribution is 2.47. The van der Waals surface area contributed by atoms with Crippen LogP contribution in [0.5, 0.6) is 17.6 Å². The van der Waals surface area contributed by atoms with Gasteiger partial charge in [-0.15, -0.1) is 0 Å². The van der Waals surface area contributed by atoms with Crippen LogP contribution >= 0.6 is 0 Å². The van der Waals surface area contributed by atoms with E-state index in [4.69, 9.17) is 38.6 Å². The van der Waals surface area contributed by atoms with E-state index in [2.05, 4.69) is 16.7 Å². The second-order valence-electron chi connectivity index (χ2n) is 16.6. The maximum absolute atomic E-state index is 17.6. The van der Waals surface area contributed by atoms with E-state index in [-0.39, 0.29) is 67.3 Å². The van der Waals surface area contributed by atoms with E-state index in [0.29, 0.717) is 48.4 Å². The first-order valence-corrected chi connectivity index (χ1v) is 19.5. The van der Waals surface area contributed by atoms with Crippen molar-refractivity contribution < 1.29 is 37.3 Å². The van der Waals surface area contributed by atoms with Crippen LogP contribution in [0.1, 0.15) is 65.4 Å². The van der Waals surface area contributed by atoms with Crippen LogP contribution in [-0.4, -0.2) is 113 Å². The Morgan fingerprint density at radius 2 is 1.93 bits per heavy atom. The highest BCUT2D eigenvalue weighted by molar-refractivity contribution is 6.03. The van der Waals surface area contributed by atoms with Crippen LogP contribution in [0.3, 0.4) is 0 Å². The quantitative estimate of drug-likeness (QED) is 0.176. The summed E-state index contributed by atoms with van der Waals surface area (Å²) in [6.07, 6.45) is 3.08. The zero-order valence-corrected chi connectivity index (χ0v) is 32.1. The first-order chi connectivity index (χ1) is 26.5. The van der Waals surface area contributed by atoms with Crippen LogP contribution in [-0.2, 0) is 15.9 Å². The Morgan fingerprint density at radius 3 is 2.73 bits per heavy atom. The van der Waals surface area contributed by atoms with Gasteiger partial charge in [0.2, 0.25) is 5.88 Å².